The van der Waals surface area contributed by atoms with Crippen LogP contribution in [-0.2, 0) is 4.74 Å². The van der Waals surface area contributed by atoms with Crippen molar-refractivity contribution in [2.45, 2.75) is 25.9 Å². The van der Waals surface area contributed by atoms with E-state index in [0.717, 1.165) is 10.9 Å². The third-order valence-electron chi connectivity index (χ3n) is 2.19. The lowest BCUT2D eigenvalue weighted by atomic mass is 10.2. The van der Waals surface area contributed by atoms with Crippen LogP contribution in [0.3, 0.4) is 0 Å². The molecule has 0 radical (unpaired) electrons. The summed E-state index contributed by atoms with van der Waals surface area (Å²) in [4.78, 5) is 11.7. The summed E-state index contributed by atoms with van der Waals surface area (Å²) in [6, 6.07) is 9.01. The lowest BCUT2D eigenvalue weighted by molar-refractivity contribution is 0.0299. The molecule has 86 valence electrons. The van der Waals surface area contributed by atoms with Crippen molar-refractivity contribution in [1.82, 2.24) is 0 Å². The molecule has 0 saturated carbocycles. The van der Waals surface area contributed by atoms with E-state index in [1.807, 2.05) is 25.1 Å². The third kappa shape index (κ3) is 4.19. The van der Waals surface area contributed by atoms with Crippen molar-refractivity contribution in [2.24, 2.45) is 0 Å². The van der Waals surface area contributed by atoms with E-state index in [-0.39, 0.29) is 12.1 Å². The second-order valence-electron chi connectivity index (χ2n) is 3.52. The van der Waals surface area contributed by atoms with Gasteiger partial charge < -0.3 is 4.74 Å². The zero-order chi connectivity index (χ0) is 12.0. The van der Waals surface area contributed by atoms with E-state index >= 15 is 0 Å². The van der Waals surface area contributed by atoms with Crippen molar-refractivity contribution in [3.63, 3.8) is 0 Å². The molecular weight excluding hydrogens is 268 g/mol. The molecule has 0 bridgehead atoms. The fraction of sp³-hybridized carbons (Fsp3) is 0.308. The Labute approximate surface area is 104 Å². The highest BCUT2D eigenvalue weighted by atomic mass is 79.9. The van der Waals surface area contributed by atoms with Gasteiger partial charge in [0.25, 0.3) is 0 Å². The first-order chi connectivity index (χ1) is 7.63. The highest BCUT2D eigenvalue weighted by Gasteiger charge is 2.14. The Morgan fingerprint density at radius 1 is 1.44 bits per heavy atom. The average Bonchev–Trinajstić information content (AvgIpc) is 2.28. The lowest BCUT2D eigenvalue weighted by Gasteiger charge is -2.15. The van der Waals surface area contributed by atoms with Crippen LogP contribution in [-0.4, -0.2) is 12.1 Å². The Bertz CT molecular complexity index is 359. The number of hydrogen-bond acceptors (Lipinski definition) is 2. The molecule has 0 heterocycles. The van der Waals surface area contributed by atoms with Gasteiger partial charge in [0.2, 0.25) is 0 Å². The van der Waals surface area contributed by atoms with E-state index in [2.05, 4.69) is 22.5 Å². The van der Waals surface area contributed by atoms with E-state index in [1.165, 1.54) is 0 Å². The fourth-order valence-electron chi connectivity index (χ4n) is 1.31. The summed E-state index contributed by atoms with van der Waals surface area (Å²) in [7, 11) is 0. The van der Waals surface area contributed by atoms with Crippen LogP contribution in [0.4, 0.5) is 0 Å². The zero-order valence-corrected chi connectivity index (χ0v) is 10.9. The molecule has 3 heteroatoms. The van der Waals surface area contributed by atoms with Crippen molar-refractivity contribution in [3.8, 4) is 0 Å². The SMILES string of the molecule is C=C(Br)C[C@@H](CC)OC(=O)c1ccccc1. The van der Waals surface area contributed by atoms with Crippen molar-refractivity contribution in [2.75, 3.05) is 0 Å². The van der Waals surface area contributed by atoms with Gasteiger partial charge in [-0.05, 0) is 23.0 Å². The summed E-state index contributed by atoms with van der Waals surface area (Å²) in [6.45, 7) is 5.73. The number of esters is 1. The molecule has 0 N–H and O–H groups in total. The van der Waals surface area contributed by atoms with Crippen LogP contribution < -0.4 is 0 Å². The number of benzene rings is 1. The molecule has 1 aromatic rings. The maximum atomic E-state index is 11.7. The molecule has 0 aromatic heterocycles. The fourth-order valence-corrected chi connectivity index (χ4v) is 1.67. The molecule has 0 fully saturated rings. The van der Waals surface area contributed by atoms with Crippen molar-refractivity contribution in [3.05, 3.63) is 47.0 Å². The molecule has 1 atom stereocenters. The van der Waals surface area contributed by atoms with Crippen LogP contribution in [0.2, 0.25) is 0 Å². The Kier molecular flexibility index (Phi) is 5.26. The summed E-state index contributed by atoms with van der Waals surface area (Å²) < 4.78 is 6.21. The number of carbonyl (C=O) groups is 1. The van der Waals surface area contributed by atoms with Crippen LogP contribution in [0.25, 0.3) is 0 Å². The van der Waals surface area contributed by atoms with Crippen molar-refractivity contribution < 1.29 is 9.53 Å². The highest BCUT2D eigenvalue weighted by Crippen LogP contribution is 2.16. The maximum Gasteiger partial charge on any atom is 0.338 e. The average molecular weight is 283 g/mol. The predicted molar refractivity (Wildman–Crippen MR) is 68.6 cm³/mol. The molecule has 0 spiro atoms. The molecule has 0 saturated heterocycles. The van der Waals surface area contributed by atoms with Gasteiger partial charge in [0.05, 0.1) is 5.56 Å². The monoisotopic (exact) mass is 282 g/mol. The standard InChI is InChI=1S/C13H15BrO2/c1-3-12(9-10(2)14)16-13(15)11-7-5-4-6-8-11/h4-8,12H,2-3,9H2,1H3/t12-/m1/s1. The lowest BCUT2D eigenvalue weighted by Crippen LogP contribution is -2.17. The topological polar surface area (TPSA) is 26.3 Å². The second kappa shape index (κ2) is 6.48. The Morgan fingerprint density at radius 3 is 2.56 bits per heavy atom. The molecule has 0 aliphatic rings. The molecule has 16 heavy (non-hydrogen) atoms. The Balaban J connectivity index is 2.59. The number of ether oxygens (including phenoxy) is 1. The van der Waals surface area contributed by atoms with Gasteiger partial charge in [-0.1, -0.05) is 47.6 Å². The molecule has 0 amide bonds. The van der Waals surface area contributed by atoms with Gasteiger partial charge in [0.15, 0.2) is 0 Å². The Hall–Kier alpha value is -1.09. The quantitative estimate of drug-likeness (QED) is 0.765. The minimum atomic E-state index is -0.277. The summed E-state index contributed by atoms with van der Waals surface area (Å²) in [5.41, 5.74) is 0.584. The van der Waals surface area contributed by atoms with Gasteiger partial charge in [-0.2, -0.15) is 0 Å². The van der Waals surface area contributed by atoms with E-state index in [0.29, 0.717) is 12.0 Å². The summed E-state index contributed by atoms with van der Waals surface area (Å²) in [5, 5.41) is 0. The van der Waals surface area contributed by atoms with Gasteiger partial charge >= 0.3 is 5.97 Å². The van der Waals surface area contributed by atoms with Gasteiger partial charge in [-0.15, -0.1) is 0 Å². The third-order valence-corrected chi connectivity index (χ3v) is 2.51. The van der Waals surface area contributed by atoms with Gasteiger partial charge in [0.1, 0.15) is 6.10 Å². The molecule has 1 aromatic carbocycles. The number of carbonyl (C=O) groups excluding carboxylic acids is 1. The second-order valence-corrected chi connectivity index (χ2v) is 4.64. The molecular formula is C13H15BrO2. The van der Waals surface area contributed by atoms with E-state index in [4.69, 9.17) is 4.74 Å². The molecule has 0 unspecified atom stereocenters. The van der Waals surface area contributed by atoms with Gasteiger partial charge in [-0.3, -0.25) is 0 Å². The van der Waals surface area contributed by atoms with Crippen molar-refractivity contribution >= 4 is 21.9 Å². The van der Waals surface area contributed by atoms with E-state index in [9.17, 15) is 4.79 Å². The summed E-state index contributed by atoms with van der Waals surface area (Å²) in [6.07, 6.45) is 1.32. The highest BCUT2D eigenvalue weighted by molar-refractivity contribution is 9.11. The first kappa shape index (κ1) is 13.0. The van der Waals surface area contributed by atoms with Crippen LogP contribution in [0.1, 0.15) is 30.1 Å². The summed E-state index contributed by atoms with van der Waals surface area (Å²) >= 11 is 3.28. The van der Waals surface area contributed by atoms with Gasteiger partial charge in [0, 0.05) is 6.42 Å². The first-order valence-corrected chi connectivity index (χ1v) is 6.02. The smallest absolute Gasteiger partial charge is 0.338 e. The normalized spacial score (nSPS) is 11.9. The molecule has 0 aliphatic carbocycles. The van der Waals surface area contributed by atoms with Crippen LogP contribution in [0.5, 0.6) is 0 Å². The maximum absolute atomic E-state index is 11.7. The number of halogens is 1. The predicted octanol–water partition coefficient (Wildman–Crippen LogP) is 3.92. The molecule has 0 aliphatic heterocycles. The van der Waals surface area contributed by atoms with Crippen LogP contribution >= 0.6 is 15.9 Å². The van der Waals surface area contributed by atoms with Crippen molar-refractivity contribution in [1.29, 1.82) is 0 Å². The molecule has 1 rings (SSSR count). The van der Waals surface area contributed by atoms with Crippen LogP contribution in [0, 0.1) is 0 Å². The number of hydrogen-bond donors (Lipinski definition) is 0. The van der Waals surface area contributed by atoms with E-state index in [1.54, 1.807) is 12.1 Å². The van der Waals surface area contributed by atoms with E-state index < -0.39 is 0 Å². The first-order valence-electron chi connectivity index (χ1n) is 5.22. The van der Waals surface area contributed by atoms with Crippen LogP contribution in [0.15, 0.2) is 41.4 Å². The summed E-state index contributed by atoms with van der Waals surface area (Å²) in [5.74, 6) is -0.277. The largest absolute Gasteiger partial charge is 0.458 e. The zero-order valence-electron chi connectivity index (χ0n) is 9.28. The minimum absolute atomic E-state index is 0.111. The number of rotatable bonds is 5. The Morgan fingerprint density at radius 2 is 2.06 bits per heavy atom. The van der Waals surface area contributed by atoms with Gasteiger partial charge in [-0.25, -0.2) is 4.79 Å². The molecule has 2 nitrogen and oxygen atoms in total. The minimum Gasteiger partial charge on any atom is -0.458 e.